The zero-order valence-electron chi connectivity index (χ0n) is 7.82. The normalized spacial score (nSPS) is 11.2. The molecule has 0 saturated carbocycles. The molecule has 1 aromatic carbocycles. The van der Waals surface area contributed by atoms with Gasteiger partial charge in [0.1, 0.15) is 0 Å². The van der Waals surface area contributed by atoms with Crippen molar-refractivity contribution >= 4 is 22.0 Å². The van der Waals surface area contributed by atoms with Crippen molar-refractivity contribution in [1.29, 1.82) is 0 Å². The number of aryl methyl sites for hydroxylation is 1. The first-order valence-corrected chi connectivity index (χ1v) is 4.57. The molecule has 2 heterocycles. The van der Waals surface area contributed by atoms with E-state index in [1.54, 1.807) is 6.26 Å². The van der Waals surface area contributed by atoms with Crippen LogP contribution in [0.1, 0.15) is 5.56 Å². The largest absolute Gasteiger partial charge is 0.446 e. The molecule has 14 heavy (non-hydrogen) atoms. The molecule has 0 atom stereocenters. The summed E-state index contributed by atoms with van der Waals surface area (Å²) in [5.41, 5.74) is 2.95. The Morgan fingerprint density at radius 2 is 2.00 bits per heavy atom. The molecular weight excluding hydrogens is 174 g/mol. The van der Waals surface area contributed by atoms with Crippen LogP contribution in [-0.4, -0.2) is 4.98 Å². The first kappa shape index (κ1) is 7.56. The molecule has 0 radical (unpaired) electrons. The van der Waals surface area contributed by atoms with Gasteiger partial charge in [-0.05, 0) is 31.2 Å². The van der Waals surface area contributed by atoms with E-state index in [1.165, 1.54) is 10.9 Å². The smallest absolute Gasteiger partial charge is 0.226 e. The predicted molar refractivity (Wildman–Crippen MR) is 56.3 cm³/mol. The van der Waals surface area contributed by atoms with Gasteiger partial charge in [-0.25, -0.2) is 4.98 Å². The van der Waals surface area contributed by atoms with E-state index in [1.807, 2.05) is 12.1 Å². The quantitative estimate of drug-likeness (QED) is 0.534. The highest BCUT2D eigenvalue weighted by atomic mass is 16.3. The van der Waals surface area contributed by atoms with E-state index in [-0.39, 0.29) is 0 Å². The first-order valence-electron chi connectivity index (χ1n) is 4.57. The number of pyridine rings is 1. The number of hydrogen-bond donors (Lipinski definition) is 0. The second-order valence-corrected chi connectivity index (χ2v) is 3.50. The Labute approximate surface area is 81.2 Å². The second-order valence-electron chi connectivity index (χ2n) is 3.50. The highest BCUT2D eigenvalue weighted by Gasteiger charge is 2.01. The van der Waals surface area contributed by atoms with Gasteiger partial charge in [0.25, 0.3) is 0 Å². The van der Waals surface area contributed by atoms with E-state index < -0.39 is 0 Å². The minimum atomic E-state index is 0.710. The Morgan fingerprint density at radius 3 is 2.93 bits per heavy atom. The monoisotopic (exact) mass is 183 g/mol. The van der Waals surface area contributed by atoms with Gasteiger partial charge in [-0.15, -0.1) is 0 Å². The fourth-order valence-electron chi connectivity index (χ4n) is 1.68. The Hall–Kier alpha value is -1.83. The molecule has 0 aliphatic carbocycles. The zero-order chi connectivity index (χ0) is 9.54. The Balaban J connectivity index is 2.50. The number of aromatic nitrogens is 1. The third-order valence-corrected chi connectivity index (χ3v) is 2.39. The van der Waals surface area contributed by atoms with Gasteiger partial charge in [-0.2, -0.15) is 0 Å². The van der Waals surface area contributed by atoms with Crippen LogP contribution < -0.4 is 0 Å². The van der Waals surface area contributed by atoms with Gasteiger partial charge in [0.05, 0.1) is 11.8 Å². The summed E-state index contributed by atoms with van der Waals surface area (Å²) in [4.78, 5) is 4.41. The number of hydrogen-bond acceptors (Lipinski definition) is 2. The van der Waals surface area contributed by atoms with E-state index in [0.29, 0.717) is 5.71 Å². The molecule has 2 aromatic heterocycles. The molecule has 2 nitrogen and oxygen atoms in total. The third-order valence-electron chi connectivity index (χ3n) is 2.39. The number of fused-ring (bicyclic) bond motifs is 2. The van der Waals surface area contributed by atoms with Gasteiger partial charge >= 0.3 is 0 Å². The minimum absolute atomic E-state index is 0.710. The van der Waals surface area contributed by atoms with E-state index in [9.17, 15) is 0 Å². The van der Waals surface area contributed by atoms with Gasteiger partial charge in [0, 0.05) is 10.8 Å². The van der Waals surface area contributed by atoms with Crippen LogP contribution >= 0.6 is 0 Å². The maximum Gasteiger partial charge on any atom is 0.226 e. The van der Waals surface area contributed by atoms with Crippen LogP contribution in [0.5, 0.6) is 0 Å². The topological polar surface area (TPSA) is 26.0 Å². The molecule has 3 aromatic rings. The highest BCUT2D eigenvalue weighted by molar-refractivity contribution is 5.90. The minimum Gasteiger partial charge on any atom is -0.446 e. The van der Waals surface area contributed by atoms with Crippen molar-refractivity contribution in [2.45, 2.75) is 6.92 Å². The standard InChI is InChI=1S/C12H9NO/c1-8-2-3-11-10(6-8)7-9-4-5-14-12(9)13-11/h2-7H,1H3. The zero-order valence-corrected chi connectivity index (χ0v) is 7.82. The maximum absolute atomic E-state index is 5.25. The molecular formula is C12H9NO. The Bertz CT molecular complexity index is 610. The van der Waals surface area contributed by atoms with Gasteiger partial charge in [0.2, 0.25) is 5.71 Å². The lowest BCUT2D eigenvalue weighted by molar-refractivity contribution is 0.604. The van der Waals surface area contributed by atoms with Crippen LogP contribution in [0.4, 0.5) is 0 Å². The summed E-state index contributed by atoms with van der Waals surface area (Å²) < 4.78 is 5.25. The molecule has 68 valence electrons. The van der Waals surface area contributed by atoms with Crippen molar-refractivity contribution in [2.24, 2.45) is 0 Å². The van der Waals surface area contributed by atoms with Crippen molar-refractivity contribution in [2.75, 3.05) is 0 Å². The molecule has 2 heteroatoms. The first-order chi connectivity index (χ1) is 6.83. The molecule has 0 unspecified atom stereocenters. The fourth-order valence-corrected chi connectivity index (χ4v) is 1.68. The molecule has 0 bridgehead atoms. The van der Waals surface area contributed by atoms with E-state index in [0.717, 1.165) is 10.9 Å². The summed E-state index contributed by atoms with van der Waals surface area (Å²) in [5, 5.41) is 2.22. The summed E-state index contributed by atoms with van der Waals surface area (Å²) in [6, 6.07) is 10.3. The summed E-state index contributed by atoms with van der Waals surface area (Å²) in [6.45, 7) is 2.08. The number of furan rings is 1. The summed E-state index contributed by atoms with van der Waals surface area (Å²) in [6.07, 6.45) is 1.67. The maximum atomic E-state index is 5.25. The SMILES string of the molecule is Cc1ccc2nc3occc3cc2c1. The lowest BCUT2D eigenvalue weighted by Crippen LogP contribution is -1.80. The van der Waals surface area contributed by atoms with Crippen molar-refractivity contribution in [3.63, 3.8) is 0 Å². The highest BCUT2D eigenvalue weighted by Crippen LogP contribution is 2.20. The molecule has 0 fully saturated rings. The molecule has 0 spiro atoms. The third kappa shape index (κ3) is 1.01. The fraction of sp³-hybridized carbons (Fsp3) is 0.0833. The number of benzene rings is 1. The number of rotatable bonds is 0. The van der Waals surface area contributed by atoms with Crippen LogP contribution in [0.25, 0.3) is 22.0 Å². The lowest BCUT2D eigenvalue weighted by atomic mass is 10.1. The Kier molecular flexibility index (Phi) is 1.39. The average molecular weight is 183 g/mol. The molecule has 3 rings (SSSR count). The predicted octanol–water partition coefficient (Wildman–Crippen LogP) is 3.29. The van der Waals surface area contributed by atoms with Crippen LogP contribution in [0.2, 0.25) is 0 Å². The number of nitrogens with zero attached hydrogens (tertiary/aromatic N) is 1. The molecule has 0 N–H and O–H groups in total. The molecule has 0 aliphatic rings. The average Bonchev–Trinajstić information content (AvgIpc) is 2.61. The van der Waals surface area contributed by atoms with Gasteiger partial charge in [0.15, 0.2) is 0 Å². The van der Waals surface area contributed by atoms with Crippen LogP contribution in [0.15, 0.2) is 41.0 Å². The van der Waals surface area contributed by atoms with Gasteiger partial charge in [-0.3, -0.25) is 0 Å². The van der Waals surface area contributed by atoms with E-state index >= 15 is 0 Å². The van der Waals surface area contributed by atoms with Crippen molar-refractivity contribution in [3.8, 4) is 0 Å². The van der Waals surface area contributed by atoms with Crippen molar-refractivity contribution in [1.82, 2.24) is 4.98 Å². The van der Waals surface area contributed by atoms with Crippen LogP contribution in [0.3, 0.4) is 0 Å². The van der Waals surface area contributed by atoms with Gasteiger partial charge in [-0.1, -0.05) is 11.6 Å². The lowest BCUT2D eigenvalue weighted by Gasteiger charge is -1.98. The molecule has 0 aliphatic heterocycles. The Morgan fingerprint density at radius 1 is 1.07 bits per heavy atom. The van der Waals surface area contributed by atoms with Gasteiger partial charge < -0.3 is 4.42 Å². The van der Waals surface area contributed by atoms with Crippen molar-refractivity contribution < 1.29 is 4.42 Å². The summed E-state index contributed by atoms with van der Waals surface area (Å²) in [7, 11) is 0. The summed E-state index contributed by atoms with van der Waals surface area (Å²) in [5.74, 6) is 0. The van der Waals surface area contributed by atoms with Crippen molar-refractivity contribution in [3.05, 3.63) is 42.2 Å². The van der Waals surface area contributed by atoms with E-state index in [4.69, 9.17) is 4.42 Å². The van der Waals surface area contributed by atoms with Crippen LogP contribution in [-0.2, 0) is 0 Å². The molecule has 0 saturated heterocycles. The van der Waals surface area contributed by atoms with Crippen LogP contribution in [0, 0.1) is 6.92 Å². The van der Waals surface area contributed by atoms with E-state index in [2.05, 4.69) is 30.1 Å². The molecule has 0 amide bonds. The summed E-state index contributed by atoms with van der Waals surface area (Å²) >= 11 is 0. The second kappa shape index (κ2) is 2.58.